The maximum absolute atomic E-state index is 13.9. The molecule has 2 aromatic heterocycles. The molecule has 5 rings (SSSR count). The summed E-state index contributed by atoms with van der Waals surface area (Å²) in [5, 5.41) is 5.99. The van der Waals surface area contributed by atoms with E-state index in [1.807, 2.05) is 29.5 Å². The third-order valence-corrected chi connectivity index (χ3v) is 5.60. The van der Waals surface area contributed by atoms with Gasteiger partial charge < -0.3 is 10.6 Å². The number of aromatic nitrogens is 3. The number of amides is 1. The van der Waals surface area contributed by atoms with Crippen molar-refractivity contribution in [2.75, 3.05) is 5.32 Å². The largest absolute Gasteiger partial charge is 0.363 e. The summed E-state index contributed by atoms with van der Waals surface area (Å²) in [6.45, 7) is 1.85. The second-order valence-corrected chi connectivity index (χ2v) is 7.94. The van der Waals surface area contributed by atoms with Crippen LogP contribution >= 0.6 is 0 Å². The molecule has 0 radical (unpaired) electrons. The minimum atomic E-state index is -0.616. The van der Waals surface area contributed by atoms with Crippen molar-refractivity contribution in [3.8, 4) is 11.3 Å². The van der Waals surface area contributed by atoms with Gasteiger partial charge in [0.05, 0.1) is 11.9 Å². The van der Waals surface area contributed by atoms with Crippen molar-refractivity contribution in [1.82, 2.24) is 19.7 Å². The molecule has 32 heavy (non-hydrogen) atoms. The number of nitrogens with one attached hydrogen (secondary N) is 2. The van der Waals surface area contributed by atoms with Gasteiger partial charge in [-0.15, -0.1) is 0 Å². The van der Waals surface area contributed by atoms with Crippen LogP contribution < -0.4 is 10.6 Å². The Morgan fingerprint density at radius 2 is 1.94 bits per heavy atom. The monoisotopic (exact) mass is 433 g/mol. The number of imidazole rings is 1. The van der Waals surface area contributed by atoms with Gasteiger partial charge >= 0.3 is 0 Å². The lowest BCUT2D eigenvalue weighted by molar-refractivity contribution is 0.0950. The number of anilines is 1. The number of halogens is 2. The Hall–Kier alpha value is -3.81. The summed E-state index contributed by atoms with van der Waals surface area (Å²) in [5.41, 5.74) is 3.73. The first-order valence-electron chi connectivity index (χ1n) is 10.4. The van der Waals surface area contributed by atoms with E-state index in [0.29, 0.717) is 23.1 Å². The van der Waals surface area contributed by atoms with E-state index in [9.17, 15) is 13.6 Å². The number of carbonyl (C=O) groups excluding carboxylic acids is 1. The van der Waals surface area contributed by atoms with Crippen LogP contribution in [0.3, 0.4) is 0 Å². The van der Waals surface area contributed by atoms with Crippen molar-refractivity contribution in [1.29, 1.82) is 0 Å². The molecule has 1 aliphatic rings. The Balaban J connectivity index is 1.42. The Bertz CT molecular complexity index is 1310. The molecule has 6 nitrogen and oxygen atoms in total. The topological polar surface area (TPSA) is 71.3 Å². The van der Waals surface area contributed by atoms with E-state index >= 15 is 0 Å². The molecule has 1 aliphatic carbocycles. The van der Waals surface area contributed by atoms with Gasteiger partial charge in [-0.05, 0) is 49.6 Å². The summed E-state index contributed by atoms with van der Waals surface area (Å²) in [6.07, 6.45) is 7.17. The first kappa shape index (κ1) is 20.1. The number of aryl methyl sites for hydroxylation is 1. The molecule has 0 aliphatic heterocycles. The van der Waals surface area contributed by atoms with Crippen molar-refractivity contribution in [3.05, 3.63) is 83.3 Å². The van der Waals surface area contributed by atoms with Gasteiger partial charge in [-0.25, -0.2) is 18.7 Å². The smallest absolute Gasteiger partial charge is 0.251 e. The summed E-state index contributed by atoms with van der Waals surface area (Å²) in [4.78, 5) is 21.2. The van der Waals surface area contributed by atoms with Crippen molar-refractivity contribution < 1.29 is 13.6 Å². The molecule has 2 N–H and O–H groups in total. The number of hydrogen-bond donors (Lipinski definition) is 2. The lowest BCUT2D eigenvalue weighted by Gasteiger charge is -2.10. The second-order valence-electron chi connectivity index (χ2n) is 7.94. The van der Waals surface area contributed by atoms with Crippen molar-refractivity contribution in [2.45, 2.75) is 32.4 Å². The average molecular weight is 433 g/mol. The highest BCUT2D eigenvalue weighted by Gasteiger charge is 2.24. The van der Waals surface area contributed by atoms with Crippen LogP contribution in [0.1, 0.15) is 34.3 Å². The average Bonchev–Trinajstić information content (AvgIpc) is 3.48. The van der Waals surface area contributed by atoms with Crippen LogP contribution in [-0.2, 0) is 6.54 Å². The zero-order valence-corrected chi connectivity index (χ0v) is 17.4. The molecule has 1 amide bonds. The quantitative estimate of drug-likeness (QED) is 0.470. The molecule has 0 unspecified atom stereocenters. The summed E-state index contributed by atoms with van der Waals surface area (Å²) < 4.78 is 29.7. The van der Waals surface area contributed by atoms with Gasteiger partial charge in [-0.1, -0.05) is 12.1 Å². The summed E-state index contributed by atoms with van der Waals surface area (Å²) in [7, 11) is 0. The van der Waals surface area contributed by atoms with Crippen LogP contribution in [0, 0.1) is 18.6 Å². The fourth-order valence-electron chi connectivity index (χ4n) is 3.70. The van der Waals surface area contributed by atoms with Crippen LogP contribution in [-0.4, -0.2) is 26.3 Å². The first-order chi connectivity index (χ1) is 15.5. The third-order valence-electron chi connectivity index (χ3n) is 5.60. The molecule has 2 aromatic carbocycles. The Morgan fingerprint density at radius 3 is 2.66 bits per heavy atom. The molecule has 1 saturated carbocycles. The van der Waals surface area contributed by atoms with Crippen molar-refractivity contribution in [3.63, 3.8) is 0 Å². The number of hydrogen-bond acceptors (Lipinski definition) is 4. The highest BCUT2D eigenvalue weighted by atomic mass is 19.1. The van der Waals surface area contributed by atoms with E-state index in [0.717, 1.165) is 29.7 Å². The summed E-state index contributed by atoms with van der Waals surface area (Å²) >= 11 is 0. The van der Waals surface area contributed by atoms with Gasteiger partial charge in [0.1, 0.15) is 11.6 Å². The van der Waals surface area contributed by atoms with Gasteiger partial charge in [0.25, 0.3) is 5.91 Å². The molecular formula is C24H21F2N5O. The molecule has 162 valence electrons. The van der Waals surface area contributed by atoms with E-state index in [1.165, 1.54) is 18.2 Å². The minimum absolute atomic E-state index is 0.0502. The van der Waals surface area contributed by atoms with Crippen LogP contribution in [0.15, 0.2) is 55.0 Å². The maximum Gasteiger partial charge on any atom is 0.251 e. The normalized spacial score (nSPS) is 13.3. The third kappa shape index (κ3) is 3.79. The summed E-state index contributed by atoms with van der Waals surface area (Å²) in [5.74, 6) is -0.867. The highest BCUT2D eigenvalue weighted by molar-refractivity contribution is 5.96. The van der Waals surface area contributed by atoms with E-state index in [1.54, 1.807) is 18.6 Å². The van der Waals surface area contributed by atoms with Crippen LogP contribution in [0.4, 0.5) is 14.6 Å². The highest BCUT2D eigenvalue weighted by Crippen LogP contribution is 2.27. The lowest BCUT2D eigenvalue weighted by Crippen LogP contribution is -2.26. The zero-order valence-electron chi connectivity index (χ0n) is 17.4. The van der Waals surface area contributed by atoms with E-state index in [-0.39, 0.29) is 18.0 Å². The second kappa shape index (κ2) is 8.03. The Morgan fingerprint density at radius 1 is 1.16 bits per heavy atom. The van der Waals surface area contributed by atoms with Gasteiger partial charge in [0.15, 0.2) is 11.5 Å². The number of benzene rings is 2. The molecule has 0 bridgehead atoms. The number of nitrogens with zero attached hydrogens (tertiary/aromatic N) is 3. The molecule has 0 saturated heterocycles. The van der Waals surface area contributed by atoms with Gasteiger partial charge in [0, 0.05) is 41.7 Å². The number of rotatable bonds is 6. The van der Waals surface area contributed by atoms with E-state index < -0.39 is 11.6 Å². The van der Waals surface area contributed by atoms with Crippen LogP contribution in [0.25, 0.3) is 16.9 Å². The minimum Gasteiger partial charge on any atom is -0.363 e. The Labute approximate surface area is 183 Å². The van der Waals surface area contributed by atoms with Crippen LogP contribution in [0.5, 0.6) is 0 Å². The van der Waals surface area contributed by atoms with Gasteiger partial charge in [-0.3, -0.25) is 9.20 Å². The first-order valence-corrected chi connectivity index (χ1v) is 10.4. The molecule has 0 spiro atoms. The van der Waals surface area contributed by atoms with Crippen molar-refractivity contribution in [2.24, 2.45) is 0 Å². The summed E-state index contributed by atoms with van der Waals surface area (Å²) in [6, 6.07) is 9.74. The number of fused-ring (bicyclic) bond motifs is 1. The number of carbonyl (C=O) groups is 1. The lowest BCUT2D eigenvalue weighted by atomic mass is 10.0. The predicted octanol–water partition coefficient (Wildman–Crippen LogP) is 4.49. The maximum atomic E-state index is 13.9. The molecule has 0 atom stereocenters. The molecule has 4 aromatic rings. The molecule has 1 fully saturated rings. The fourth-order valence-corrected chi connectivity index (χ4v) is 3.70. The van der Waals surface area contributed by atoms with Gasteiger partial charge in [-0.2, -0.15) is 0 Å². The fraction of sp³-hybridized carbons (Fsp3) is 0.208. The Kier molecular flexibility index (Phi) is 5.05. The zero-order chi connectivity index (χ0) is 22.2. The molecule has 2 heterocycles. The van der Waals surface area contributed by atoms with Crippen LogP contribution in [0.2, 0.25) is 0 Å². The van der Waals surface area contributed by atoms with Crippen molar-refractivity contribution >= 4 is 17.4 Å². The van der Waals surface area contributed by atoms with Gasteiger partial charge in [0.2, 0.25) is 0 Å². The predicted molar refractivity (Wildman–Crippen MR) is 117 cm³/mol. The van der Waals surface area contributed by atoms with E-state index in [4.69, 9.17) is 0 Å². The molecule has 8 heteroatoms. The standard InChI is InChI=1S/C24H21F2N5O/c1-14-11-15(5-8-17(14)24(32)30-16-6-7-16)21-13-29-23-22(27-9-10-31(21)23)28-12-18-19(25)3-2-4-20(18)26/h2-5,8-11,13,16H,6-7,12H2,1H3,(H,27,28)(H,30,32). The SMILES string of the molecule is Cc1cc(-c2cnc3c(NCc4c(F)cccc4F)nccn23)ccc1C(=O)NC1CC1. The van der Waals surface area contributed by atoms with E-state index in [2.05, 4.69) is 20.6 Å². The molecular weight excluding hydrogens is 412 g/mol.